The van der Waals surface area contributed by atoms with Crippen molar-refractivity contribution in [3.8, 4) is 0 Å². The summed E-state index contributed by atoms with van der Waals surface area (Å²) in [6.45, 7) is 2.00. The molecule has 2 aromatic rings. The normalized spacial score (nSPS) is 17.9. The lowest BCUT2D eigenvalue weighted by atomic mass is 10.1. The van der Waals surface area contributed by atoms with Gasteiger partial charge in [-0.2, -0.15) is 13.2 Å². The van der Waals surface area contributed by atoms with Gasteiger partial charge in [-0.3, -0.25) is 5.10 Å². The van der Waals surface area contributed by atoms with Crippen molar-refractivity contribution in [2.75, 3.05) is 32.7 Å². The predicted octanol–water partition coefficient (Wildman–Crippen LogP) is 2.42. The number of aromatic nitrogens is 3. The fourth-order valence-corrected chi connectivity index (χ4v) is 2.94. The summed E-state index contributed by atoms with van der Waals surface area (Å²) in [7, 11) is 0. The molecule has 0 bridgehead atoms. The number of hydrogen-bond donors (Lipinski definition) is 1. The second kappa shape index (κ2) is 6.84. The Labute approximate surface area is 132 Å². The lowest BCUT2D eigenvalue weighted by Gasteiger charge is -2.35. The summed E-state index contributed by atoms with van der Waals surface area (Å²) in [6.07, 6.45) is -1.22. The molecule has 23 heavy (non-hydrogen) atoms. The van der Waals surface area contributed by atoms with E-state index in [1.807, 2.05) is 12.1 Å². The van der Waals surface area contributed by atoms with Crippen LogP contribution in [0.3, 0.4) is 0 Å². The highest BCUT2D eigenvalue weighted by Gasteiger charge is 2.38. The van der Waals surface area contributed by atoms with Crippen molar-refractivity contribution in [1.82, 2.24) is 25.2 Å². The average molecular weight is 327 g/mol. The maximum Gasteiger partial charge on any atom is 0.460 e. The molecule has 1 aromatic carbocycles. The number of H-pyrrole nitrogens is 1. The summed E-state index contributed by atoms with van der Waals surface area (Å²) in [5.41, 5.74) is 3.02. The van der Waals surface area contributed by atoms with Gasteiger partial charge in [0, 0.05) is 26.2 Å². The van der Waals surface area contributed by atoms with E-state index < -0.39 is 6.30 Å². The summed E-state index contributed by atoms with van der Waals surface area (Å²) in [4.78, 5) is 2.71. The number of aromatic amines is 1. The van der Waals surface area contributed by atoms with Crippen LogP contribution in [0.25, 0.3) is 11.0 Å². The van der Waals surface area contributed by atoms with Crippen LogP contribution in [-0.4, -0.2) is 64.2 Å². The van der Waals surface area contributed by atoms with Crippen LogP contribution in [0.5, 0.6) is 0 Å². The van der Waals surface area contributed by atoms with E-state index in [0.717, 1.165) is 36.8 Å². The summed E-state index contributed by atoms with van der Waals surface area (Å²) in [5, 5.41) is 10.6. The van der Waals surface area contributed by atoms with Crippen molar-refractivity contribution in [3.63, 3.8) is 0 Å². The van der Waals surface area contributed by atoms with Gasteiger partial charge in [-0.25, -0.2) is 4.90 Å². The minimum atomic E-state index is -4.19. The zero-order valence-corrected chi connectivity index (χ0v) is 12.8. The van der Waals surface area contributed by atoms with Crippen molar-refractivity contribution in [3.05, 3.63) is 23.8 Å². The molecule has 1 aliphatic rings. The Kier molecular flexibility index (Phi) is 4.82. The number of benzene rings is 1. The Morgan fingerprint density at radius 3 is 2.61 bits per heavy atom. The molecule has 0 spiro atoms. The van der Waals surface area contributed by atoms with Crippen LogP contribution in [0.2, 0.25) is 0 Å². The smallest absolute Gasteiger partial charge is 0.301 e. The zero-order valence-electron chi connectivity index (χ0n) is 12.8. The molecular formula is C15H20F3N5. The van der Waals surface area contributed by atoms with E-state index in [4.69, 9.17) is 0 Å². The average Bonchev–Trinajstić information content (AvgIpc) is 2.99. The monoisotopic (exact) mass is 327 g/mol. The third-order valence-electron chi connectivity index (χ3n) is 4.31. The van der Waals surface area contributed by atoms with E-state index >= 15 is 0 Å². The molecule has 8 heteroatoms. The lowest BCUT2D eigenvalue weighted by molar-refractivity contribution is -0.252. The first-order valence-corrected chi connectivity index (χ1v) is 7.86. The van der Waals surface area contributed by atoms with Crippen molar-refractivity contribution in [2.24, 2.45) is 0 Å². The van der Waals surface area contributed by atoms with Gasteiger partial charge in [0.15, 0.2) is 0 Å². The van der Waals surface area contributed by atoms with E-state index in [1.165, 1.54) is 5.56 Å². The molecule has 0 unspecified atom stereocenters. The van der Waals surface area contributed by atoms with Gasteiger partial charge in [0.1, 0.15) is 5.52 Å². The van der Waals surface area contributed by atoms with E-state index in [-0.39, 0.29) is 13.1 Å². The second-order valence-electron chi connectivity index (χ2n) is 5.92. The molecule has 0 saturated carbocycles. The molecule has 1 aliphatic heterocycles. The third kappa shape index (κ3) is 4.20. The zero-order chi connectivity index (χ0) is 16.3. The van der Waals surface area contributed by atoms with Gasteiger partial charge in [-0.05, 0) is 43.5 Å². The number of aryl methyl sites for hydroxylation is 1. The van der Waals surface area contributed by atoms with Crippen LogP contribution >= 0.6 is 0 Å². The molecule has 2 heterocycles. The van der Waals surface area contributed by atoms with Gasteiger partial charge in [0.2, 0.25) is 0 Å². The number of halogens is 3. The van der Waals surface area contributed by atoms with E-state index in [2.05, 4.69) is 26.4 Å². The Hall–Kier alpha value is -1.67. The van der Waals surface area contributed by atoms with Crippen LogP contribution in [-0.2, 0) is 6.42 Å². The standard InChI is InChI=1S/C15H20F3N5/c16-15(17,18)23-9-7-22(8-10-23)6-2-1-3-12-4-5-13-14(11-12)20-21-19-13/h4-5,11H,1-3,6-10H2,(H,19,20,21). The first-order chi connectivity index (χ1) is 11.0. The summed E-state index contributed by atoms with van der Waals surface area (Å²) >= 11 is 0. The molecule has 0 atom stereocenters. The van der Waals surface area contributed by atoms with Gasteiger partial charge in [-0.15, -0.1) is 5.10 Å². The van der Waals surface area contributed by atoms with Crippen LogP contribution in [0.15, 0.2) is 18.2 Å². The molecular weight excluding hydrogens is 307 g/mol. The van der Waals surface area contributed by atoms with Crippen molar-refractivity contribution in [1.29, 1.82) is 0 Å². The van der Waals surface area contributed by atoms with Crippen molar-refractivity contribution >= 4 is 11.0 Å². The molecule has 1 saturated heterocycles. The number of piperazine rings is 1. The highest BCUT2D eigenvalue weighted by Crippen LogP contribution is 2.22. The van der Waals surface area contributed by atoms with Crippen LogP contribution < -0.4 is 0 Å². The maximum atomic E-state index is 12.5. The number of unbranched alkanes of at least 4 members (excludes halogenated alkanes) is 1. The number of fused-ring (bicyclic) bond motifs is 1. The maximum absolute atomic E-state index is 12.5. The molecule has 1 aromatic heterocycles. The predicted molar refractivity (Wildman–Crippen MR) is 80.9 cm³/mol. The third-order valence-corrected chi connectivity index (χ3v) is 4.31. The Morgan fingerprint density at radius 2 is 1.87 bits per heavy atom. The Balaban J connectivity index is 1.37. The van der Waals surface area contributed by atoms with Crippen LogP contribution in [0, 0.1) is 0 Å². The first kappa shape index (κ1) is 16.2. The van der Waals surface area contributed by atoms with Crippen LogP contribution in [0.4, 0.5) is 13.2 Å². The number of nitrogens with one attached hydrogen (secondary N) is 1. The number of alkyl halides is 3. The molecule has 3 rings (SSSR count). The minimum absolute atomic E-state index is 0.0764. The van der Waals surface area contributed by atoms with Gasteiger partial charge < -0.3 is 4.90 Å². The van der Waals surface area contributed by atoms with E-state index in [0.29, 0.717) is 18.0 Å². The Bertz CT molecular complexity index is 631. The quantitative estimate of drug-likeness (QED) is 0.677. The molecule has 1 N–H and O–H groups in total. The summed E-state index contributed by atoms with van der Waals surface area (Å²) < 4.78 is 37.6. The minimum Gasteiger partial charge on any atom is -0.301 e. The summed E-state index contributed by atoms with van der Waals surface area (Å²) in [5.74, 6) is 0. The van der Waals surface area contributed by atoms with Gasteiger partial charge in [0.25, 0.3) is 0 Å². The van der Waals surface area contributed by atoms with Crippen LogP contribution in [0.1, 0.15) is 18.4 Å². The molecule has 0 radical (unpaired) electrons. The van der Waals surface area contributed by atoms with E-state index in [9.17, 15) is 13.2 Å². The van der Waals surface area contributed by atoms with E-state index in [1.54, 1.807) is 0 Å². The number of rotatable bonds is 5. The topological polar surface area (TPSA) is 48.1 Å². The van der Waals surface area contributed by atoms with Gasteiger partial charge in [0.05, 0.1) is 5.52 Å². The number of nitrogens with zero attached hydrogens (tertiary/aromatic N) is 4. The fraction of sp³-hybridized carbons (Fsp3) is 0.600. The fourth-order valence-electron chi connectivity index (χ4n) is 2.94. The highest BCUT2D eigenvalue weighted by molar-refractivity contribution is 5.74. The molecule has 0 aliphatic carbocycles. The lowest BCUT2D eigenvalue weighted by Crippen LogP contribution is -2.51. The largest absolute Gasteiger partial charge is 0.460 e. The molecule has 1 fully saturated rings. The van der Waals surface area contributed by atoms with Crippen molar-refractivity contribution < 1.29 is 13.2 Å². The molecule has 0 amide bonds. The highest BCUT2D eigenvalue weighted by atomic mass is 19.4. The number of hydrogen-bond acceptors (Lipinski definition) is 4. The first-order valence-electron chi connectivity index (χ1n) is 7.86. The van der Waals surface area contributed by atoms with Crippen molar-refractivity contribution in [2.45, 2.75) is 25.6 Å². The van der Waals surface area contributed by atoms with Gasteiger partial charge in [-0.1, -0.05) is 11.3 Å². The Morgan fingerprint density at radius 1 is 1.09 bits per heavy atom. The van der Waals surface area contributed by atoms with Gasteiger partial charge >= 0.3 is 6.30 Å². The summed E-state index contributed by atoms with van der Waals surface area (Å²) in [6, 6.07) is 6.05. The second-order valence-corrected chi connectivity index (χ2v) is 5.92. The molecule has 126 valence electrons. The molecule has 5 nitrogen and oxygen atoms in total. The SMILES string of the molecule is FC(F)(F)N1CCN(CCCCc2ccc3nn[nH]c3c2)CC1.